The molecule has 1 aromatic heterocycles. The Kier molecular flexibility index (Phi) is 3.33. The normalized spacial score (nSPS) is 16.4. The molecule has 3 rings (SSSR count). The van der Waals surface area contributed by atoms with Crippen LogP contribution in [-0.4, -0.2) is 11.2 Å². The number of thiophene rings is 1. The molecule has 1 N–H and O–H groups in total. The largest absolute Gasteiger partial charge is 0.490 e. The fourth-order valence-electron chi connectivity index (χ4n) is 2.01. The molecule has 1 fully saturated rings. The van der Waals surface area contributed by atoms with E-state index in [2.05, 4.69) is 19.9 Å². The van der Waals surface area contributed by atoms with Crippen molar-refractivity contribution < 1.29 is 9.84 Å². The van der Waals surface area contributed by atoms with Crippen LogP contribution in [0.5, 0.6) is 5.75 Å². The van der Waals surface area contributed by atoms with Gasteiger partial charge in [-0.3, -0.25) is 0 Å². The molecule has 1 aromatic carbocycles. The Balaban J connectivity index is 1.76. The summed E-state index contributed by atoms with van der Waals surface area (Å²) >= 11 is 1.66. The van der Waals surface area contributed by atoms with Gasteiger partial charge in [-0.05, 0) is 56.0 Å². The molecule has 0 spiro atoms. The van der Waals surface area contributed by atoms with Gasteiger partial charge in [0.1, 0.15) is 11.9 Å². The Morgan fingerprint density at radius 3 is 2.42 bits per heavy atom. The van der Waals surface area contributed by atoms with E-state index in [4.69, 9.17) is 4.74 Å². The van der Waals surface area contributed by atoms with Crippen molar-refractivity contribution in [3.8, 4) is 5.75 Å². The number of aliphatic hydroxyl groups is 1. The molecule has 1 aliphatic rings. The molecular weight excluding hydrogens is 256 g/mol. The van der Waals surface area contributed by atoms with Crippen LogP contribution in [0.4, 0.5) is 0 Å². The first kappa shape index (κ1) is 12.7. The number of hydrogen-bond acceptors (Lipinski definition) is 3. The molecule has 1 aliphatic carbocycles. The van der Waals surface area contributed by atoms with E-state index in [-0.39, 0.29) is 0 Å². The van der Waals surface area contributed by atoms with Crippen molar-refractivity contribution in [1.29, 1.82) is 0 Å². The van der Waals surface area contributed by atoms with Crippen LogP contribution >= 0.6 is 11.3 Å². The maximum absolute atomic E-state index is 10.4. The van der Waals surface area contributed by atoms with E-state index >= 15 is 0 Å². The summed E-state index contributed by atoms with van der Waals surface area (Å²) < 4.78 is 5.71. The molecule has 1 heterocycles. The zero-order chi connectivity index (χ0) is 13.4. The van der Waals surface area contributed by atoms with Gasteiger partial charge in [0.15, 0.2) is 0 Å². The fourth-order valence-corrected chi connectivity index (χ4v) is 3.06. The van der Waals surface area contributed by atoms with Gasteiger partial charge in [0.05, 0.1) is 6.10 Å². The van der Waals surface area contributed by atoms with E-state index in [1.807, 2.05) is 24.3 Å². The highest BCUT2D eigenvalue weighted by Crippen LogP contribution is 2.32. The van der Waals surface area contributed by atoms with Gasteiger partial charge in [-0.25, -0.2) is 0 Å². The summed E-state index contributed by atoms with van der Waals surface area (Å²) in [4.78, 5) is 2.27. The third-order valence-corrected chi connectivity index (χ3v) is 4.68. The first-order chi connectivity index (χ1) is 9.13. The standard InChI is InChI=1S/C16H18O2S/c1-10-9-15(19-11(10)2)16(17)12-3-5-13(6-4-12)18-14-7-8-14/h3-6,9,14,16-17H,7-8H2,1-2H3. The summed E-state index contributed by atoms with van der Waals surface area (Å²) in [6.45, 7) is 4.16. The number of ether oxygens (including phenoxy) is 1. The SMILES string of the molecule is Cc1cc(C(O)c2ccc(OC3CC3)cc2)sc1C. The van der Waals surface area contributed by atoms with Crippen LogP contribution in [0.25, 0.3) is 0 Å². The topological polar surface area (TPSA) is 29.5 Å². The van der Waals surface area contributed by atoms with Crippen LogP contribution in [0.3, 0.4) is 0 Å². The van der Waals surface area contributed by atoms with Crippen molar-refractivity contribution in [2.75, 3.05) is 0 Å². The molecule has 1 saturated carbocycles. The van der Waals surface area contributed by atoms with E-state index in [9.17, 15) is 5.11 Å². The van der Waals surface area contributed by atoms with Crippen molar-refractivity contribution in [2.45, 2.75) is 38.9 Å². The van der Waals surface area contributed by atoms with Gasteiger partial charge >= 0.3 is 0 Å². The van der Waals surface area contributed by atoms with Gasteiger partial charge in [-0.2, -0.15) is 0 Å². The smallest absolute Gasteiger partial charge is 0.119 e. The molecule has 0 bridgehead atoms. The number of aliphatic hydroxyl groups excluding tert-OH is 1. The summed E-state index contributed by atoms with van der Waals surface area (Å²) in [7, 11) is 0. The van der Waals surface area contributed by atoms with Gasteiger partial charge in [-0.1, -0.05) is 12.1 Å². The zero-order valence-electron chi connectivity index (χ0n) is 11.2. The lowest BCUT2D eigenvalue weighted by molar-refractivity contribution is 0.224. The quantitative estimate of drug-likeness (QED) is 0.913. The predicted octanol–water partition coefficient (Wildman–Crippen LogP) is 3.99. The Bertz CT molecular complexity index is 547. The number of hydrogen-bond donors (Lipinski definition) is 1. The van der Waals surface area contributed by atoms with Crippen molar-refractivity contribution in [1.82, 2.24) is 0 Å². The van der Waals surface area contributed by atoms with E-state index in [0.717, 1.165) is 29.0 Å². The van der Waals surface area contributed by atoms with E-state index in [1.54, 1.807) is 11.3 Å². The number of rotatable bonds is 4. The van der Waals surface area contributed by atoms with Crippen LogP contribution in [0.1, 0.15) is 39.8 Å². The van der Waals surface area contributed by atoms with Gasteiger partial charge in [0.2, 0.25) is 0 Å². The first-order valence-electron chi connectivity index (χ1n) is 6.65. The van der Waals surface area contributed by atoms with E-state index in [0.29, 0.717) is 6.10 Å². The lowest BCUT2D eigenvalue weighted by atomic mass is 10.1. The third-order valence-electron chi connectivity index (χ3n) is 3.48. The maximum atomic E-state index is 10.4. The molecule has 100 valence electrons. The second-order valence-electron chi connectivity index (χ2n) is 5.18. The Morgan fingerprint density at radius 2 is 1.89 bits per heavy atom. The van der Waals surface area contributed by atoms with Crippen molar-refractivity contribution >= 4 is 11.3 Å². The van der Waals surface area contributed by atoms with Gasteiger partial charge < -0.3 is 9.84 Å². The van der Waals surface area contributed by atoms with Crippen LogP contribution in [0.15, 0.2) is 30.3 Å². The van der Waals surface area contributed by atoms with E-state index in [1.165, 1.54) is 10.4 Å². The van der Waals surface area contributed by atoms with Gasteiger partial charge in [0, 0.05) is 9.75 Å². The van der Waals surface area contributed by atoms with Crippen molar-refractivity contribution in [3.05, 3.63) is 51.2 Å². The highest BCUT2D eigenvalue weighted by molar-refractivity contribution is 7.12. The molecule has 0 amide bonds. The Morgan fingerprint density at radius 1 is 1.21 bits per heavy atom. The highest BCUT2D eigenvalue weighted by Gasteiger charge is 2.23. The Hall–Kier alpha value is -1.32. The van der Waals surface area contributed by atoms with Gasteiger partial charge in [0.25, 0.3) is 0 Å². The van der Waals surface area contributed by atoms with Crippen LogP contribution in [0.2, 0.25) is 0 Å². The minimum atomic E-state index is -0.535. The van der Waals surface area contributed by atoms with Crippen LogP contribution < -0.4 is 4.74 Å². The zero-order valence-corrected chi connectivity index (χ0v) is 12.0. The molecule has 1 unspecified atom stereocenters. The number of aryl methyl sites for hydroxylation is 2. The lowest BCUT2D eigenvalue weighted by Crippen LogP contribution is -1.99. The lowest BCUT2D eigenvalue weighted by Gasteiger charge is -2.10. The second kappa shape index (κ2) is 4.99. The predicted molar refractivity (Wildman–Crippen MR) is 77.9 cm³/mol. The van der Waals surface area contributed by atoms with Crippen molar-refractivity contribution in [3.63, 3.8) is 0 Å². The van der Waals surface area contributed by atoms with Gasteiger partial charge in [-0.15, -0.1) is 11.3 Å². The molecule has 2 aromatic rings. The summed E-state index contributed by atoms with van der Waals surface area (Å²) in [6, 6.07) is 9.87. The first-order valence-corrected chi connectivity index (χ1v) is 7.47. The van der Waals surface area contributed by atoms with Crippen LogP contribution in [0, 0.1) is 13.8 Å². The minimum Gasteiger partial charge on any atom is -0.490 e. The molecular formula is C16H18O2S. The Labute approximate surface area is 117 Å². The molecule has 2 nitrogen and oxygen atoms in total. The van der Waals surface area contributed by atoms with Crippen molar-refractivity contribution in [2.24, 2.45) is 0 Å². The van der Waals surface area contributed by atoms with E-state index < -0.39 is 6.10 Å². The summed E-state index contributed by atoms with van der Waals surface area (Å²) in [5, 5.41) is 10.4. The molecule has 0 aliphatic heterocycles. The minimum absolute atomic E-state index is 0.415. The highest BCUT2D eigenvalue weighted by atomic mass is 32.1. The average molecular weight is 274 g/mol. The maximum Gasteiger partial charge on any atom is 0.119 e. The summed E-state index contributed by atoms with van der Waals surface area (Å²) in [5.41, 5.74) is 2.16. The number of benzene rings is 1. The second-order valence-corrected chi connectivity index (χ2v) is 6.46. The van der Waals surface area contributed by atoms with Crippen LogP contribution in [-0.2, 0) is 0 Å². The summed E-state index contributed by atoms with van der Waals surface area (Å²) in [5.74, 6) is 0.900. The molecule has 0 saturated heterocycles. The third kappa shape index (κ3) is 2.82. The molecule has 1 atom stereocenters. The average Bonchev–Trinajstić information content (AvgIpc) is 3.15. The summed E-state index contributed by atoms with van der Waals surface area (Å²) in [6.07, 6.45) is 2.21. The monoisotopic (exact) mass is 274 g/mol. The molecule has 3 heteroatoms. The fraction of sp³-hybridized carbons (Fsp3) is 0.375. The molecule has 0 radical (unpaired) electrons. The molecule has 19 heavy (non-hydrogen) atoms.